The van der Waals surface area contributed by atoms with E-state index in [0.717, 1.165) is 12.1 Å². The second-order valence-corrected chi connectivity index (χ2v) is 4.84. The van der Waals surface area contributed by atoms with Crippen LogP contribution in [-0.4, -0.2) is 22.5 Å². The third-order valence-electron chi connectivity index (χ3n) is 3.92. The van der Waals surface area contributed by atoms with E-state index in [9.17, 15) is 0 Å². The largest absolute Gasteiger partial charge is 0.289 e. The molecule has 0 radical (unpaired) electrons. The predicted molar refractivity (Wildman–Crippen MR) is 52.3 cm³/mol. The number of hydrogen-bond acceptors (Lipinski definition) is 1. The molecular weight excluding hydrogens is 146 g/mol. The fourth-order valence-electron chi connectivity index (χ4n) is 3.36. The second kappa shape index (κ2) is 2.73. The Kier molecular flexibility index (Phi) is 1.95. The standard InChI is InChI=1S/C11H21N/c1-9(2)12-10(3)11(12)7-5-4-6-8-11/h9-10H,4-8H2,1-3H3. The van der Waals surface area contributed by atoms with Crippen LogP contribution >= 0.6 is 0 Å². The van der Waals surface area contributed by atoms with Crippen molar-refractivity contribution >= 4 is 0 Å². The Morgan fingerprint density at radius 2 is 1.75 bits per heavy atom. The summed E-state index contributed by atoms with van der Waals surface area (Å²) < 4.78 is 0. The van der Waals surface area contributed by atoms with Gasteiger partial charge < -0.3 is 0 Å². The first-order valence-electron chi connectivity index (χ1n) is 5.47. The average Bonchev–Trinajstić information content (AvgIpc) is 2.57. The molecule has 0 aromatic rings. The summed E-state index contributed by atoms with van der Waals surface area (Å²) in [5.41, 5.74) is 0.659. The Morgan fingerprint density at radius 3 is 2.17 bits per heavy atom. The van der Waals surface area contributed by atoms with Crippen LogP contribution in [-0.2, 0) is 0 Å². The van der Waals surface area contributed by atoms with E-state index in [0.29, 0.717) is 5.54 Å². The lowest BCUT2D eigenvalue weighted by Crippen LogP contribution is -2.25. The molecule has 0 bridgehead atoms. The van der Waals surface area contributed by atoms with Crippen molar-refractivity contribution in [2.45, 2.75) is 70.5 Å². The maximum Gasteiger partial charge on any atom is 0.0368 e. The van der Waals surface area contributed by atoms with Crippen molar-refractivity contribution in [2.75, 3.05) is 0 Å². The van der Waals surface area contributed by atoms with Crippen molar-refractivity contribution in [3.8, 4) is 0 Å². The van der Waals surface area contributed by atoms with Gasteiger partial charge in [0.1, 0.15) is 0 Å². The highest BCUT2D eigenvalue weighted by Gasteiger charge is 2.59. The Labute approximate surface area is 76.1 Å². The van der Waals surface area contributed by atoms with E-state index in [2.05, 4.69) is 25.7 Å². The van der Waals surface area contributed by atoms with Gasteiger partial charge in [-0.15, -0.1) is 0 Å². The summed E-state index contributed by atoms with van der Waals surface area (Å²) in [4.78, 5) is 2.71. The summed E-state index contributed by atoms with van der Waals surface area (Å²) >= 11 is 0. The van der Waals surface area contributed by atoms with Crippen molar-refractivity contribution in [1.29, 1.82) is 0 Å². The van der Waals surface area contributed by atoms with Crippen molar-refractivity contribution in [3.63, 3.8) is 0 Å². The van der Waals surface area contributed by atoms with Gasteiger partial charge in [-0.25, -0.2) is 0 Å². The Bertz CT molecular complexity index is 168. The van der Waals surface area contributed by atoms with E-state index in [1.165, 1.54) is 32.1 Å². The van der Waals surface area contributed by atoms with Gasteiger partial charge in [0.05, 0.1) is 0 Å². The minimum absolute atomic E-state index is 0.659. The first-order valence-corrected chi connectivity index (χ1v) is 5.47. The van der Waals surface area contributed by atoms with Crippen LogP contribution in [0.4, 0.5) is 0 Å². The van der Waals surface area contributed by atoms with Crippen LogP contribution in [0.5, 0.6) is 0 Å². The lowest BCUT2D eigenvalue weighted by atomic mass is 9.86. The summed E-state index contributed by atoms with van der Waals surface area (Å²) in [5.74, 6) is 0. The van der Waals surface area contributed by atoms with E-state index < -0.39 is 0 Å². The normalized spacial score (nSPS) is 39.0. The Morgan fingerprint density at radius 1 is 1.17 bits per heavy atom. The molecule has 1 nitrogen and oxygen atoms in total. The molecule has 2 unspecified atom stereocenters. The molecule has 1 heterocycles. The third-order valence-corrected chi connectivity index (χ3v) is 3.92. The third kappa shape index (κ3) is 1.02. The van der Waals surface area contributed by atoms with Crippen LogP contribution in [0.3, 0.4) is 0 Å². The van der Waals surface area contributed by atoms with Gasteiger partial charge in [-0.2, -0.15) is 0 Å². The molecule has 12 heavy (non-hydrogen) atoms. The van der Waals surface area contributed by atoms with Crippen LogP contribution in [0, 0.1) is 0 Å². The van der Waals surface area contributed by atoms with Crippen LogP contribution in [0.1, 0.15) is 52.9 Å². The SMILES string of the molecule is CC(C)N1C(C)C12CCCCC2. The van der Waals surface area contributed by atoms with Crippen molar-refractivity contribution in [2.24, 2.45) is 0 Å². The number of hydrogen-bond donors (Lipinski definition) is 0. The molecule has 1 saturated heterocycles. The van der Waals surface area contributed by atoms with E-state index in [-0.39, 0.29) is 0 Å². The van der Waals surface area contributed by atoms with Crippen LogP contribution in [0.25, 0.3) is 0 Å². The monoisotopic (exact) mass is 167 g/mol. The fraction of sp³-hybridized carbons (Fsp3) is 1.00. The highest BCUT2D eigenvalue weighted by Crippen LogP contribution is 2.52. The lowest BCUT2D eigenvalue weighted by molar-refractivity contribution is 0.278. The van der Waals surface area contributed by atoms with Gasteiger partial charge in [-0.1, -0.05) is 19.3 Å². The molecule has 2 rings (SSSR count). The molecular formula is C11H21N. The van der Waals surface area contributed by atoms with Crippen molar-refractivity contribution in [1.82, 2.24) is 4.90 Å². The molecule has 0 aromatic carbocycles. The lowest BCUT2D eigenvalue weighted by Gasteiger charge is -2.24. The average molecular weight is 167 g/mol. The number of rotatable bonds is 1. The zero-order chi connectivity index (χ0) is 8.77. The highest BCUT2D eigenvalue weighted by molar-refractivity contribution is 5.16. The molecule has 0 N–H and O–H groups in total. The van der Waals surface area contributed by atoms with E-state index in [1.54, 1.807) is 0 Å². The molecule has 1 aliphatic heterocycles. The maximum absolute atomic E-state index is 2.71. The fourth-order valence-corrected chi connectivity index (χ4v) is 3.36. The van der Waals surface area contributed by atoms with Crippen LogP contribution < -0.4 is 0 Å². The summed E-state index contributed by atoms with van der Waals surface area (Å²) in [7, 11) is 0. The molecule has 1 aliphatic carbocycles. The molecule has 0 aromatic heterocycles. The predicted octanol–water partition coefficient (Wildman–Crippen LogP) is 2.80. The summed E-state index contributed by atoms with van der Waals surface area (Å²) in [6, 6.07) is 1.64. The topological polar surface area (TPSA) is 3.01 Å². The smallest absolute Gasteiger partial charge is 0.0368 e. The van der Waals surface area contributed by atoms with Crippen LogP contribution in [0.15, 0.2) is 0 Å². The first kappa shape index (κ1) is 8.55. The summed E-state index contributed by atoms with van der Waals surface area (Å²) in [5, 5.41) is 0. The molecule has 1 spiro atoms. The second-order valence-electron chi connectivity index (χ2n) is 4.84. The minimum Gasteiger partial charge on any atom is -0.289 e. The van der Waals surface area contributed by atoms with Gasteiger partial charge in [-0.3, -0.25) is 4.90 Å². The summed E-state index contributed by atoms with van der Waals surface area (Å²) in [6.07, 6.45) is 7.33. The van der Waals surface area contributed by atoms with Gasteiger partial charge in [0.15, 0.2) is 0 Å². The van der Waals surface area contributed by atoms with Gasteiger partial charge in [0.25, 0.3) is 0 Å². The molecule has 0 amide bonds. The molecule has 1 saturated carbocycles. The highest BCUT2D eigenvalue weighted by atomic mass is 15.4. The van der Waals surface area contributed by atoms with E-state index in [1.807, 2.05) is 0 Å². The molecule has 70 valence electrons. The number of nitrogens with zero attached hydrogens (tertiary/aromatic N) is 1. The first-order chi connectivity index (χ1) is 5.68. The quantitative estimate of drug-likeness (QED) is 0.543. The van der Waals surface area contributed by atoms with Crippen LogP contribution in [0.2, 0.25) is 0 Å². The molecule has 2 fully saturated rings. The zero-order valence-corrected chi connectivity index (χ0v) is 8.64. The Balaban J connectivity index is 2.03. The van der Waals surface area contributed by atoms with E-state index in [4.69, 9.17) is 0 Å². The molecule has 1 heteroatoms. The maximum atomic E-state index is 2.71. The molecule has 2 atom stereocenters. The summed E-state index contributed by atoms with van der Waals surface area (Å²) in [6.45, 7) is 7.07. The van der Waals surface area contributed by atoms with E-state index >= 15 is 0 Å². The minimum atomic E-state index is 0.659. The van der Waals surface area contributed by atoms with Gasteiger partial charge in [-0.05, 0) is 33.6 Å². The zero-order valence-electron chi connectivity index (χ0n) is 8.64. The van der Waals surface area contributed by atoms with Gasteiger partial charge >= 0.3 is 0 Å². The molecule has 2 aliphatic rings. The van der Waals surface area contributed by atoms with Crippen molar-refractivity contribution < 1.29 is 0 Å². The van der Waals surface area contributed by atoms with Gasteiger partial charge in [0, 0.05) is 17.6 Å². The Hall–Kier alpha value is -0.0400. The van der Waals surface area contributed by atoms with Gasteiger partial charge in [0.2, 0.25) is 0 Å². The van der Waals surface area contributed by atoms with Crippen molar-refractivity contribution in [3.05, 3.63) is 0 Å².